The molecular formula is C14H14N4O2S. The fourth-order valence-corrected chi connectivity index (χ4v) is 3.19. The van der Waals surface area contributed by atoms with E-state index in [9.17, 15) is 9.90 Å². The summed E-state index contributed by atoms with van der Waals surface area (Å²) in [5.41, 5.74) is 2.06. The molecule has 0 aliphatic carbocycles. The van der Waals surface area contributed by atoms with E-state index in [-0.39, 0.29) is 12.5 Å². The first kappa shape index (κ1) is 13.7. The number of pyridine rings is 1. The minimum absolute atomic E-state index is 0.145. The van der Waals surface area contributed by atoms with Crippen molar-refractivity contribution in [1.29, 1.82) is 0 Å². The normalized spacial score (nSPS) is 11.0. The Morgan fingerprint density at radius 1 is 1.52 bits per heavy atom. The Hall–Kier alpha value is -2.25. The highest BCUT2D eigenvalue weighted by Crippen LogP contribution is 2.28. The van der Waals surface area contributed by atoms with Crippen LogP contribution < -0.4 is 5.32 Å². The maximum absolute atomic E-state index is 12.3. The number of nitrogens with one attached hydrogen (secondary N) is 1. The van der Waals surface area contributed by atoms with Crippen molar-refractivity contribution in [2.45, 2.75) is 13.5 Å². The zero-order chi connectivity index (χ0) is 15.0. The van der Waals surface area contributed by atoms with Gasteiger partial charge in [-0.25, -0.2) is 0 Å². The van der Waals surface area contributed by atoms with Gasteiger partial charge in [0.05, 0.1) is 29.1 Å². The zero-order valence-electron chi connectivity index (χ0n) is 11.6. The number of aryl methyl sites for hydroxylation is 2. The van der Waals surface area contributed by atoms with Gasteiger partial charge >= 0.3 is 0 Å². The molecule has 0 aromatic carbocycles. The molecule has 3 heterocycles. The summed E-state index contributed by atoms with van der Waals surface area (Å²) in [6.07, 6.45) is 3.11. The number of aromatic nitrogens is 3. The van der Waals surface area contributed by atoms with Crippen LogP contribution in [0.2, 0.25) is 0 Å². The van der Waals surface area contributed by atoms with Crippen molar-refractivity contribution in [3.05, 3.63) is 40.7 Å². The number of carbonyl (C=O) groups is 1. The molecule has 0 radical (unpaired) electrons. The molecule has 0 saturated heterocycles. The molecule has 6 nitrogen and oxygen atoms in total. The van der Waals surface area contributed by atoms with E-state index >= 15 is 0 Å². The zero-order valence-corrected chi connectivity index (χ0v) is 12.4. The van der Waals surface area contributed by atoms with E-state index in [0.29, 0.717) is 16.1 Å². The van der Waals surface area contributed by atoms with E-state index in [1.807, 2.05) is 20.0 Å². The first-order valence-corrected chi connectivity index (χ1v) is 7.20. The smallest absolute Gasteiger partial charge is 0.265 e. The van der Waals surface area contributed by atoms with Gasteiger partial charge in [0.1, 0.15) is 4.83 Å². The van der Waals surface area contributed by atoms with Crippen molar-refractivity contribution in [1.82, 2.24) is 14.8 Å². The van der Waals surface area contributed by atoms with Gasteiger partial charge in [-0.15, -0.1) is 11.3 Å². The minimum atomic E-state index is -0.210. The highest BCUT2D eigenvalue weighted by molar-refractivity contribution is 7.20. The van der Waals surface area contributed by atoms with Gasteiger partial charge in [0.2, 0.25) is 0 Å². The van der Waals surface area contributed by atoms with Crippen molar-refractivity contribution in [2.75, 3.05) is 5.32 Å². The van der Waals surface area contributed by atoms with Crippen LogP contribution in [-0.4, -0.2) is 25.8 Å². The number of hydrogen-bond donors (Lipinski definition) is 2. The predicted octanol–water partition coefficient (Wildman–Crippen LogP) is 2.08. The van der Waals surface area contributed by atoms with Crippen LogP contribution in [0.1, 0.15) is 20.9 Å². The molecule has 3 aromatic rings. The largest absolute Gasteiger partial charge is 0.392 e. The van der Waals surface area contributed by atoms with E-state index in [2.05, 4.69) is 15.4 Å². The summed E-state index contributed by atoms with van der Waals surface area (Å²) in [4.78, 5) is 17.9. The van der Waals surface area contributed by atoms with Crippen molar-refractivity contribution < 1.29 is 9.90 Å². The quantitative estimate of drug-likeness (QED) is 0.776. The molecule has 0 fully saturated rings. The fourth-order valence-electron chi connectivity index (χ4n) is 2.17. The molecule has 7 heteroatoms. The van der Waals surface area contributed by atoms with Crippen molar-refractivity contribution in [3.63, 3.8) is 0 Å². The molecule has 3 aromatic heterocycles. The van der Waals surface area contributed by atoms with E-state index < -0.39 is 0 Å². The average molecular weight is 302 g/mol. The van der Waals surface area contributed by atoms with Crippen LogP contribution in [0.25, 0.3) is 10.2 Å². The molecule has 0 spiro atoms. The third kappa shape index (κ3) is 2.41. The first-order valence-electron chi connectivity index (χ1n) is 6.38. The number of aliphatic hydroxyl groups is 1. The van der Waals surface area contributed by atoms with Crippen LogP contribution in [0, 0.1) is 6.92 Å². The maximum atomic E-state index is 12.3. The Kier molecular flexibility index (Phi) is 3.44. The summed E-state index contributed by atoms with van der Waals surface area (Å²) in [6, 6.07) is 3.52. The van der Waals surface area contributed by atoms with E-state index in [4.69, 9.17) is 0 Å². The number of nitrogens with zero attached hydrogens (tertiary/aromatic N) is 3. The maximum Gasteiger partial charge on any atom is 0.265 e. The van der Waals surface area contributed by atoms with Gasteiger partial charge in [-0.1, -0.05) is 0 Å². The van der Waals surface area contributed by atoms with Gasteiger partial charge in [-0.2, -0.15) is 5.10 Å². The number of thiophene rings is 1. The Morgan fingerprint density at radius 3 is 3.05 bits per heavy atom. The van der Waals surface area contributed by atoms with Crippen molar-refractivity contribution in [2.24, 2.45) is 7.05 Å². The van der Waals surface area contributed by atoms with Crippen LogP contribution in [0.3, 0.4) is 0 Å². The van der Waals surface area contributed by atoms with Gasteiger partial charge < -0.3 is 10.4 Å². The number of anilines is 1. The Labute approximate surface area is 125 Å². The number of fused-ring (bicyclic) bond motifs is 1. The van der Waals surface area contributed by atoms with Crippen molar-refractivity contribution in [3.8, 4) is 0 Å². The second kappa shape index (κ2) is 5.27. The molecule has 0 aliphatic rings. The number of hydrogen-bond acceptors (Lipinski definition) is 5. The molecule has 0 unspecified atom stereocenters. The minimum Gasteiger partial charge on any atom is -0.392 e. The summed E-state index contributed by atoms with van der Waals surface area (Å²) < 4.78 is 1.77. The summed E-state index contributed by atoms with van der Waals surface area (Å²) in [7, 11) is 1.86. The lowest BCUT2D eigenvalue weighted by atomic mass is 10.2. The van der Waals surface area contributed by atoms with E-state index in [1.54, 1.807) is 16.9 Å². The number of rotatable bonds is 3. The molecule has 0 saturated carbocycles. The summed E-state index contributed by atoms with van der Waals surface area (Å²) in [5.74, 6) is -0.210. The molecule has 108 valence electrons. The SMILES string of the molecule is Cc1nn(C)c2sc(C(=O)Nc3cnccc3CO)cc12. The lowest BCUT2D eigenvalue weighted by Crippen LogP contribution is -2.12. The highest BCUT2D eigenvalue weighted by Gasteiger charge is 2.16. The lowest BCUT2D eigenvalue weighted by molar-refractivity contribution is 0.103. The fraction of sp³-hybridized carbons (Fsp3) is 0.214. The Morgan fingerprint density at radius 2 is 2.33 bits per heavy atom. The van der Waals surface area contributed by atoms with Gasteiger partial charge in [0.25, 0.3) is 5.91 Å². The second-order valence-electron chi connectivity index (χ2n) is 4.68. The molecule has 3 rings (SSSR count). The van der Waals surface area contributed by atoms with Gasteiger partial charge in [0, 0.05) is 24.2 Å². The molecule has 21 heavy (non-hydrogen) atoms. The molecule has 0 bridgehead atoms. The molecule has 1 amide bonds. The molecule has 0 atom stereocenters. The summed E-state index contributed by atoms with van der Waals surface area (Å²) in [5, 5.41) is 17.4. The van der Waals surface area contributed by atoms with Crippen LogP contribution in [0.5, 0.6) is 0 Å². The number of aliphatic hydroxyl groups excluding tert-OH is 1. The van der Waals surface area contributed by atoms with Crippen LogP contribution in [0.15, 0.2) is 24.5 Å². The summed E-state index contributed by atoms with van der Waals surface area (Å²) >= 11 is 1.39. The monoisotopic (exact) mass is 302 g/mol. The number of amides is 1. The summed E-state index contributed by atoms with van der Waals surface area (Å²) in [6.45, 7) is 1.77. The highest BCUT2D eigenvalue weighted by atomic mass is 32.1. The molecule has 2 N–H and O–H groups in total. The van der Waals surface area contributed by atoms with Crippen LogP contribution in [0.4, 0.5) is 5.69 Å². The van der Waals surface area contributed by atoms with E-state index in [1.165, 1.54) is 17.5 Å². The Balaban J connectivity index is 1.92. The lowest BCUT2D eigenvalue weighted by Gasteiger charge is -2.07. The van der Waals surface area contributed by atoms with Gasteiger partial charge in [-0.3, -0.25) is 14.5 Å². The van der Waals surface area contributed by atoms with E-state index in [0.717, 1.165) is 15.9 Å². The topological polar surface area (TPSA) is 80.0 Å². The average Bonchev–Trinajstić information content (AvgIpc) is 3.02. The second-order valence-corrected chi connectivity index (χ2v) is 5.71. The molecule has 0 aliphatic heterocycles. The number of carbonyl (C=O) groups excluding carboxylic acids is 1. The van der Waals surface area contributed by atoms with Gasteiger partial charge in [0.15, 0.2) is 0 Å². The van der Waals surface area contributed by atoms with Crippen molar-refractivity contribution >= 4 is 33.1 Å². The van der Waals surface area contributed by atoms with Gasteiger partial charge in [-0.05, 0) is 19.1 Å². The first-order chi connectivity index (χ1) is 10.1. The third-order valence-corrected chi connectivity index (χ3v) is 4.45. The van der Waals surface area contributed by atoms with Crippen LogP contribution >= 0.6 is 11.3 Å². The Bertz CT molecular complexity index is 787. The molecular weight excluding hydrogens is 288 g/mol. The predicted molar refractivity (Wildman–Crippen MR) is 81.4 cm³/mol. The van der Waals surface area contributed by atoms with Crippen LogP contribution in [-0.2, 0) is 13.7 Å². The standard InChI is InChI=1S/C14H14N4O2S/c1-8-10-5-12(21-14(10)18(2)17-8)13(20)16-11-6-15-4-3-9(11)7-19/h3-6,19H,7H2,1-2H3,(H,16,20). The third-order valence-electron chi connectivity index (χ3n) is 3.25.